The van der Waals surface area contributed by atoms with Crippen LogP contribution in [-0.2, 0) is 21.1 Å². The van der Waals surface area contributed by atoms with Crippen LogP contribution in [-0.4, -0.2) is 41.2 Å². The van der Waals surface area contributed by atoms with Gasteiger partial charge in [0.25, 0.3) is 0 Å². The third-order valence-electron chi connectivity index (χ3n) is 4.68. The monoisotopic (exact) mass is 400 g/mol. The molecule has 0 bridgehead atoms. The van der Waals surface area contributed by atoms with Crippen LogP contribution in [0.2, 0.25) is 0 Å². The van der Waals surface area contributed by atoms with E-state index in [4.69, 9.17) is 0 Å². The summed E-state index contributed by atoms with van der Waals surface area (Å²) in [7, 11) is -3.39. The Morgan fingerprint density at radius 2 is 1.86 bits per heavy atom. The molecule has 3 rings (SSSR count). The molecular formula is C20H24N4O3S. The van der Waals surface area contributed by atoms with Gasteiger partial charge in [-0.05, 0) is 44.9 Å². The van der Waals surface area contributed by atoms with Gasteiger partial charge in [-0.15, -0.1) is 0 Å². The van der Waals surface area contributed by atoms with E-state index in [1.807, 2.05) is 26.8 Å². The van der Waals surface area contributed by atoms with E-state index in [1.54, 1.807) is 34.8 Å². The number of rotatable bonds is 7. The summed E-state index contributed by atoms with van der Waals surface area (Å²) in [5.74, 6) is -0.306. The fourth-order valence-electron chi connectivity index (χ4n) is 3.20. The Balaban J connectivity index is 1.57. The molecule has 0 saturated carbocycles. The van der Waals surface area contributed by atoms with E-state index >= 15 is 0 Å². The summed E-state index contributed by atoms with van der Waals surface area (Å²) >= 11 is 0. The first-order chi connectivity index (χ1) is 13.3. The van der Waals surface area contributed by atoms with Crippen molar-refractivity contribution < 1.29 is 13.2 Å². The molecule has 0 aliphatic rings. The first-order valence-electron chi connectivity index (χ1n) is 9.15. The maximum absolute atomic E-state index is 12.2. The van der Waals surface area contributed by atoms with E-state index in [1.165, 1.54) is 0 Å². The Bertz CT molecular complexity index is 1110. The SMILES string of the molecule is Cc1cc2nc(C)c(CCC(=O)NCCS(=O)(=O)c3ccccc3)c(C)n2n1. The summed E-state index contributed by atoms with van der Waals surface area (Å²) in [5.41, 5.74) is 4.53. The van der Waals surface area contributed by atoms with Gasteiger partial charge in [-0.2, -0.15) is 5.10 Å². The Morgan fingerprint density at radius 3 is 2.57 bits per heavy atom. The van der Waals surface area contributed by atoms with Crippen molar-refractivity contribution in [3.8, 4) is 0 Å². The van der Waals surface area contributed by atoms with Gasteiger partial charge < -0.3 is 5.32 Å². The molecule has 0 spiro atoms. The van der Waals surface area contributed by atoms with E-state index < -0.39 is 9.84 Å². The molecule has 148 valence electrons. The molecule has 0 radical (unpaired) electrons. The van der Waals surface area contributed by atoms with Crippen LogP contribution in [0.25, 0.3) is 5.65 Å². The molecule has 2 aromatic heterocycles. The molecule has 1 N–H and O–H groups in total. The minimum absolute atomic E-state index is 0.0870. The van der Waals surface area contributed by atoms with Crippen LogP contribution in [0.4, 0.5) is 0 Å². The second-order valence-electron chi connectivity index (χ2n) is 6.80. The van der Waals surface area contributed by atoms with Gasteiger partial charge in [0.1, 0.15) is 0 Å². The van der Waals surface area contributed by atoms with Crippen LogP contribution in [0.1, 0.15) is 29.1 Å². The van der Waals surface area contributed by atoms with Crippen molar-refractivity contribution in [1.29, 1.82) is 0 Å². The lowest BCUT2D eigenvalue weighted by Gasteiger charge is -2.11. The molecule has 1 amide bonds. The van der Waals surface area contributed by atoms with Crippen molar-refractivity contribution in [2.45, 2.75) is 38.5 Å². The standard InChI is InChI=1S/C20H24N4O3S/c1-14-13-19-22-15(2)18(16(3)24(19)23-14)9-10-20(25)21-11-12-28(26,27)17-7-5-4-6-8-17/h4-8,13H,9-12H2,1-3H3,(H,21,25). The van der Waals surface area contributed by atoms with Gasteiger partial charge in [0.05, 0.1) is 16.3 Å². The third-order valence-corrected chi connectivity index (χ3v) is 6.42. The first kappa shape index (κ1) is 20.0. The zero-order valence-electron chi connectivity index (χ0n) is 16.3. The second-order valence-corrected chi connectivity index (χ2v) is 8.91. The molecule has 0 fully saturated rings. The molecule has 0 unspecified atom stereocenters. The maximum Gasteiger partial charge on any atom is 0.220 e. The minimum atomic E-state index is -3.39. The van der Waals surface area contributed by atoms with Gasteiger partial charge in [-0.1, -0.05) is 18.2 Å². The number of sulfone groups is 1. The van der Waals surface area contributed by atoms with E-state index in [0.717, 1.165) is 28.3 Å². The average molecular weight is 401 g/mol. The molecule has 3 aromatic rings. The van der Waals surface area contributed by atoms with Crippen molar-refractivity contribution >= 4 is 21.4 Å². The summed E-state index contributed by atoms with van der Waals surface area (Å²) in [6.45, 7) is 5.90. The number of aryl methyl sites for hydroxylation is 3. The number of amides is 1. The van der Waals surface area contributed by atoms with Crippen molar-refractivity contribution in [3.05, 3.63) is 59.0 Å². The van der Waals surface area contributed by atoms with Gasteiger partial charge in [0.15, 0.2) is 15.5 Å². The zero-order valence-corrected chi connectivity index (χ0v) is 17.1. The average Bonchev–Trinajstić information content (AvgIpc) is 3.02. The third kappa shape index (κ3) is 4.39. The summed E-state index contributed by atoms with van der Waals surface area (Å²) in [5, 5.41) is 7.13. The van der Waals surface area contributed by atoms with Gasteiger partial charge in [0, 0.05) is 30.4 Å². The molecule has 28 heavy (non-hydrogen) atoms. The zero-order chi connectivity index (χ0) is 20.3. The molecule has 1 aromatic carbocycles. The predicted octanol–water partition coefficient (Wildman–Crippen LogP) is 2.18. The van der Waals surface area contributed by atoms with Crippen molar-refractivity contribution in [2.24, 2.45) is 0 Å². The Morgan fingerprint density at radius 1 is 1.14 bits per heavy atom. The number of benzene rings is 1. The first-order valence-corrected chi connectivity index (χ1v) is 10.8. The van der Waals surface area contributed by atoms with Crippen LogP contribution in [0.5, 0.6) is 0 Å². The van der Waals surface area contributed by atoms with Crippen molar-refractivity contribution in [1.82, 2.24) is 19.9 Å². The number of nitrogens with one attached hydrogen (secondary N) is 1. The highest BCUT2D eigenvalue weighted by Gasteiger charge is 2.15. The van der Waals surface area contributed by atoms with Crippen molar-refractivity contribution in [2.75, 3.05) is 12.3 Å². The van der Waals surface area contributed by atoms with E-state index in [2.05, 4.69) is 15.4 Å². The van der Waals surface area contributed by atoms with Crippen molar-refractivity contribution in [3.63, 3.8) is 0 Å². The molecular weight excluding hydrogens is 376 g/mol. The maximum atomic E-state index is 12.2. The molecule has 0 aliphatic carbocycles. The number of fused-ring (bicyclic) bond motifs is 1. The number of hydrogen-bond donors (Lipinski definition) is 1. The summed E-state index contributed by atoms with van der Waals surface area (Å²) in [6.07, 6.45) is 0.789. The Hall–Kier alpha value is -2.74. The molecule has 2 heterocycles. The van der Waals surface area contributed by atoms with E-state index in [0.29, 0.717) is 6.42 Å². The smallest absolute Gasteiger partial charge is 0.220 e. The number of carbonyl (C=O) groups is 1. The lowest BCUT2D eigenvalue weighted by atomic mass is 10.1. The van der Waals surface area contributed by atoms with Gasteiger partial charge in [0.2, 0.25) is 5.91 Å². The number of carbonyl (C=O) groups excluding carboxylic acids is 1. The van der Waals surface area contributed by atoms with Gasteiger partial charge in [-0.25, -0.2) is 17.9 Å². The molecule has 0 atom stereocenters. The van der Waals surface area contributed by atoms with E-state index in [-0.39, 0.29) is 29.5 Å². The number of hydrogen-bond acceptors (Lipinski definition) is 5. The second kappa shape index (κ2) is 8.10. The predicted molar refractivity (Wildman–Crippen MR) is 107 cm³/mol. The van der Waals surface area contributed by atoms with Crippen LogP contribution in [0, 0.1) is 20.8 Å². The van der Waals surface area contributed by atoms with Gasteiger partial charge in [-0.3, -0.25) is 4.79 Å². The number of nitrogens with zero attached hydrogens (tertiary/aromatic N) is 3. The Kier molecular flexibility index (Phi) is 5.79. The summed E-state index contributed by atoms with van der Waals surface area (Å²) < 4.78 is 26.3. The normalized spacial score (nSPS) is 11.7. The lowest BCUT2D eigenvalue weighted by Crippen LogP contribution is -2.29. The van der Waals surface area contributed by atoms with Crippen LogP contribution in [0.3, 0.4) is 0 Å². The van der Waals surface area contributed by atoms with E-state index in [9.17, 15) is 13.2 Å². The molecule has 7 nitrogen and oxygen atoms in total. The molecule has 8 heteroatoms. The summed E-state index contributed by atoms with van der Waals surface area (Å²) in [6, 6.07) is 10.2. The lowest BCUT2D eigenvalue weighted by molar-refractivity contribution is -0.120. The molecule has 0 saturated heterocycles. The summed E-state index contributed by atoms with van der Waals surface area (Å²) in [4.78, 5) is 17.0. The van der Waals surface area contributed by atoms with Crippen LogP contribution >= 0.6 is 0 Å². The quantitative estimate of drug-likeness (QED) is 0.656. The van der Waals surface area contributed by atoms with Crippen LogP contribution in [0.15, 0.2) is 41.3 Å². The molecule has 0 aliphatic heterocycles. The topological polar surface area (TPSA) is 93.4 Å². The highest BCUT2D eigenvalue weighted by atomic mass is 32.2. The largest absolute Gasteiger partial charge is 0.355 e. The number of aromatic nitrogens is 3. The fourth-order valence-corrected chi connectivity index (χ4v) is 4.38. The highest BCUT2D eigenvalue weighted by Crippen LogP contribution is 2.17. The highest BCUT2D eigenvalue weighted by molar-refractivity contribution is 7.91. The Labute approximate surface area is 164 Å². The minimum Gasteiger partial charge on any atom is -0.355 e. The van der Waals surface area contributed by atoms with Gasteiger partial charge >= 0.3 is 0 Å². The van der Waals surface area contributed by atoms with Crippen LogP contribution < -0.4 is 5.32 Å². The fraction of sp³-hybridized carbons (Fsp3) is 0.350.